The number of hydrogen-bond donors (Lipinski definition) is 1. The van der Waals surface area contributed by atoms with Crippen molar-refractivity contribution in [1.82, 2.24) is 4.90 Å². The van der Waals surface area contributed by atoms with Crippen LogP contribution in [0.25, 0.3) is 0 Å². The van der Waals surface area contributed by atoms with Gasteiger partial charge in [-0.25, -0.2) is 18.1 Å². The predicted molar refractivity (Wildman–Crippen MR) is 101 cm³/mol. The molecule has 0 saturated carbocycles. The van der Waals surface area contributed by atoms with Gasteiger partial charge in [0.2, 0.25) is 0 Å². The molecular formula is C19H19N3O4S. The zero-order valence-electron chi connectivity index (χ0n) is 14.8. The summed E-state index contributed by atoms with van der Waals surface area (Å²) in [6.45, 7) is 2.45. The molecule has 0 bridgehead atoms. The molecule has 0 aliphatic carbocycles. The molecular weight excluding hydrogens is 366 g/mol. The van der Waals surface area contributed by atoms with E-state index in [1.54, 1.807) is 35.2 Å². The standard InChI is InChI=1S/C19H19N3O4S/c1-13-7-9-16(10-8-13)27(25,26)20-14-4-2-5-15(12-14)22-18(23)17-6-3-11-21(17)19(22)24/h2,4-5,7-10,12,17,20H,3,6,11H2,1H3. The van der Waals surface area contributed by atoms with E-state index >= 15 is 0 Å². The number of fused-ring (bicyclic) bond motifs is 1. The highest BCUT2D eigenvalue weighted by molar-refractivity contribution is 7.92. The number of amides is 3. The van der Waals surface area contributed by atoms with Gasteiger partial charge in [-0.1, -0.05) is 23.8 Å². The van der Waals surface area contributed by atoms with Gasteiger partial charge in [-0.05, 0) is 50.1 Å². The van der Waals surface area contributed by atoms with Gasteiger partial charge < -0.3 is 4.90 Å². The Kier molecular flexibility index (Phi) is 4.15. The van der Waals surface area contributed by atoms with Gasteiger partial charge in [0.05, 0.1) is 16.3 Å². The fourth-order valence-corrected chi connectivity index (χ4v) is 4.55. The number of urea groups is 1. The van der Waals surface area contributed by atoms with Crippen molar-refractivity contribution in [2.24, 2.45) is 0 Å². The summed E-state index contributed by atoms with van der Waals surface area (Å²) < 4.78 is 27.6. The Hall–Kier alpha value is -2.87. The highest BCUT2D eigenvalue weighted by Gasteiger charge is 2.48. The van der Waals surface area contributed by atoms with Crippen LogP contribution in [0.1, 0.15) is 18.4 Å². The van der Waals surface area contributed by atoms with Crippen LogP contribution in [0, 0.1) is 6.92 Å². The number of carbonyl (C=O) groups is 2. The third kappa shape index (κ3) is 3.06. The number of nitrogens with one attached hydrogen (secondary N) is 1. The second-order valence-electron chi connectivity index (χ2n) is 6.78. The van der Waals surface area contributed by atoms with Crippen molar-refractivity contribution in [1.29, 1.82) is 0 Å². The lowest BCUT2D eigenvalue weighted by Gasteiger charge is -2.17. The lowest BCUT2D eigenvalue weighted by atomic mass is 10.2. The Labute approximate surface area is 157 Å². The maximum atomic E-state index is 12.6. The third-order valence-corrected chi connectivity index (χ3v) is 6.28. The fourth-order valence-electron chi connectivity index (χ4n) is 3.50. The highest BCUT2D eigenvalue weighted by Crippen LogP contribution is 2.32. The number of carbonyl (C=O) groups excluding carboxylic acids is 2. The van der Waals surface area contributed by atoms with E-state index in [0.29, 0.717) is 24.3 Å². The molecule has 1 atom stereocenters. The molecule has 2 fully saturated rings. The zero-order valence-corrected chi connectivity index (χ0v) is 15.6. The predicted octanol–water partition coefficient (Wildman–Crippen LogP) is 2.73. The number of hydrogen-bond acceptors (Lipinski definition) is 4. The minimum Gasteiger partial charge on any atom is -0.312 e. The number of rotatable bonds is 4. The maximum Gasteiger partial charge on any atom is 0.332 e. The van der Waals surface area contributed by atoms with Crippen LogP contribution in [-0.4, -0.2) is 37.8 Å². The molecule has 0 spiro atoms. The van der Waals surface area contributed by atoms with Crippen molar-refractivity contribution in [3.8, 4) is 0 Å². The Morgan fingerprint density at radius 2 is 1.81 bits per heavy atom. The fraction of sp³-hybridized carbons (Fsp3) is 0.263. The molecule has 8 heteroatoms. The number of nitrogens with zero attached hydrogens (tertiary/aromatic N) is 2. The molecule has 140 valence electrons. The lowest BCUT2D eigenvalue weighted by molar-refractivity contribution is -0.119. The number of benzene rings is 2. The van der Waals surface area contributed by atoms with Gasteiger partial charge in [0.25, 0.3) is 15.9 Å². The molecule has 2 aliphatic rings. The van der Waals surface area contributed by atoms with E-state index in [1.807, 2.05) is 6.92 Å². The second-order valence-corrected chi connectivity index (χ2v) is 8.46. The largest absolute Gasteiger partial charge is 0.332 e. The lowest BCUT2D eigenvalue weighted by Crippen LogP contribution is -2.33. The normalized spacial score (nSPS) is 19.5. The second kappa shape index (κ2) is 6.38. The summed E-state index contributed by atoms with van der Waals surface area (Å²) in [5.41, 5.74) is 1.62. The van der Waals surface area contributed by atoms with Crippen molar-refractivity contribution < 1.29 is 18.0 Å². The van der Waals surface area contributed by atoms with Crippen molar-refractivity contribution in [3.63, 3.8) is 0 Å². The van der Waals surface area contributed by atoms with Crippen molar-refractivity contribution in [3.05, 3.63) is 54.1 Å². The van der Waals surface area contributed by atoms with Crippen LogP contribution >= 0.6 is 0 Å². The summed E-state index contributed by atoms with van der Waals surface area (Å²) in [6, 6.07) is 12.1. The highest BCUT2D eigenvalue weighted by atomic mass is 32.2. The summed E-state index contributed by atoms with van der Waals surface area (Å²) in [7, 11) is -3.76. The van der Waals surface area contributed by atoms with E-state index in [4.69, 9.17) is 0 Å². The van der Waals surface area contributed by atoms with Gasteiger partial charge >= 0.3 is 6.03 Å². The average molecular weight is 385 g/mol. The van der Waals surface area contributed by atoms with E-state index in [2.05, 4.69) is 4.72 Å². The molecule has 3 amide bonds. The van der Waals surface area contributed by atoms with Crippen molar-refractivity contribution in [2.45, 2.75) is 30.7 Å². The maximum absolute atomic E-state index is 12.6. The quantitative estimate of drug-likeness (QED) is 0.820. The minimum atomic E-state index is -3.76. The zero-order chi connectivity index (χ0) is 19.2. The molecule has 0 radical (unpaired) electrons. The summed E-state index contributed by atoms with van der Waals surface area (Å²) >= 11 is 0. The number of anilines is 2. The van der Waals surface area contributed by atoms with Gasteiger partial charge in [0, 0.05) is 6.54 Å². The molecule has 27 heavy (non-hydrogen) atoms. The molecule has 7 nitrogen and oxygen atoms in total. The Bertz CT molecular complexity index is 996. The molecule has 2 saturated heterocycles. The van der Waals surface area contributed by atoms with Crippen LogP contribution < -0.4 is 9.62 Å². The molecule has 0 aromatic heterocycles. The molecule has 1 N–H and O–H groups in total. The van der Waals surface area contributed by atoms with Crippen LogP contribution in [0.15, 0.2) is 53.4 Å². The smallest absolute Gasteiger partial charge is 0.312 e. The first-order valence-corrected chi connectivity index (χ1v) is 10.2. The van der Waals surface area contributed by atoms with Crippen LogP contribution in [0.5, 0.6) is 0 Å². The monoisotopic (exact) mass is 385 g/mol. The van der Waals surface area contributed by atoms with Gasteiger partial charge in [-0.2, -0.15) is 0 Å². The minimum absolute atomic E-state index is 0.146. The van der Waals surface area contributed by atoms with E-state index in [0.717, 1.165) is 16.9 Å². The van der Waals surface area contributed by atoms with E-state index < -0.39 is 16.1 Å². The van der Waals surface area contributed by atoms with Crippen molar-refractivity contribution >= 4 is 33.3 Å². The molecule has 1 unspecified atom stereocenters. The van der Waals surface area contributed by atoms with Gasteiger partial charge in [-0.15, -0.1) is 0 Å². The van der Waals surface area contributed by atoms with E-state index in [1.165, 1.54) is 18.2 Å². The molecule has 2 aromatic carbocycles. The van der Waals surface area contributed by atoms with Crippen molar-refractivity contribution in [2.75, 3.05) is 16.2 Å². The number of imide groups is 1. The molecule has 2 heterocycles. The first-order chi connectivity index (χ1) is 12.9. The Morgan fingerprint density at radius 1 is 1.07 bits per heavy atom. The van der Waals surface area contributed by atoms with E-state index in [9.17, 15) is 18.0 Å². The van der Waals surface area contributed by atoms with Gasteiger partial charge in [0.1, 0.15) is 6.04 Å². The van der Waals surface area contributed by atoms with Crippen LogP contribution in [-0.2, 0) is 14.8 Å². The first-order valence-electron chi connectivity index (χ1n) is 8.71. The van der Waals surface area contributed by atoms with Gasteiger partial charge in [-0.3, -0.25) is 9.52 Å². The molecule has 2 aromatic rings. The van der Waals surface area contributed by atoms with Crippen LogP contribution in [0.4, 0.5) is 16.2 Å². The van der Waals surface area contributed by atoms with Gasteiger partial charge in [0.15, 0.2) is 0 Å². The number of sulfonamides is 1. The SMILES string of the molecule is Cc1ccc(S(=O)(=O)Nc2cccc(N3C(=O)C4CCCN4C3=O)c2)cc1. The Balaban J connectivity index is 1.61. The number of aryl methyl sites for hydroxylation is 1. The summed E-state index contributed by atoms with van der Waals surface area (Å²) in [5, 5.41) is 0. The van der Waals surface area contributed by atoms with E-state index in [-0.39, 0.29) is 16.8 Å². The summed E-state index contributed by atoms with van der Waals surface area (Å²) in [4.78, 5) is 28.0. The van der Waals surface area contributed by atoms with Crippen LogP contribution in [0.3, 0.4) is 0 Å². The summed E-state index contributed by atoms with van der Waals surface area (Å²) in [5.74, 6) is -0.254. The topological polar surface area (TPSA) is 86.8 Å². The summed E-state index contributed by atoms with van der Waals surface area (Å²) in [6.07, 6.45) is 1.49. The molecule has 2 aliphatic heterocycles. The Morgan fingerprint density at radius 3 is 2.52 bits per heavy atom. The average Bonchev–Trinajstić information content (AvgIpc) is 3.19. The molecule has 4 rings (SSSR count). The first kappa shape index (κ1) is 17.5. The van der Waals surface area contributed by atoms with Crippen LogP contribution in [0.2, 0.25) is 0 Å². The third-order valence-electron chi connectivity index (χ3n) is 4.88.